The SMILES string of the molecule is CN1CCC(NC(=O)C[C@@H]2NC(=O)c3c(N)cccc3NC2=O)CC1. The fourth-order valence-corrected chi connectivity index (χ4v) is 3.21. The number of benzene rings is 1. The van der Waals surface area contributed by atoms with E-state index >= 15 is 0 Å². The van der Waals surface area contributed by atoms with E-state index in [0.717, 1.165) is 25.9 Å². The second kappa shape index (κ2) is 7.10. The lowest BCUT2D eigenvalue weighted by Crippen LogP contribution is -2.48. The number of hydrogen-bond donors (Lipinski definition) is 4. The Kier molecular flexibility index (Phi) is 4.89. The van der Waals surface area contributed by atoms with Crippen LogP contribution in [0, 0.1) is 0 Å². The molecule has 0 aromatic heterocycles. The molecular weight excluding hydrogens is 322 g/mol. The van der Waals surface area contributed by atoms with Crippen LogP contribution in [0.5, 0.6) is 0 Å². The van der Waals surface area contributed by atoms with Gasteiger partial charge in [0.1, 0.15) is 6.04 Å². The van der Waals surface area contributed by atoms with Crippen molar-refractivity contribution in [2.75, 3.05) is 31.2 Å². The molecule has 2 aliphatic rings. The number of hydrogen-bond acceptors (Lipinski definition) is 5. The Hall–Kier alpha value is -2.61. The van der Waals surface area contributed by atoms with Gasteiger partial charge in [-0.1, -0.05) is 6.07 Å². The molecule has 8 heteroatoms. The van der Waals surface area contributed by atoms with Crippen molar-refractivity contribution < 1.29 is 14.4 Å². The highest BCUT2D eigenvalue weighted by Gasteiger charge is 2.31. The molecule has 3 rings (SSSR count). The Morgan fingerprint density at radius 3 is 2.76 bits per heavy atom. The summed E-state index contributed by atoms with van der Waals surface area (Å²) in [4.78, 5) is 39.2. The summed E-state index contributed by atoms with van der Waals surface area (Å²) in [6, 6.07) is 4.06. The first-order chi connectivity index (χ1) is 11.9. The third kappa shape index (κ3) is 3.90. The molecule has 2 aliphatic heterocycles. The maximum Gasteiger partial charge on any atom is 0.256 e. The number of nitrogen functional groups attached to an aromatic ring is 1. The van der Waals surface area contributed by atoms with E-state index in [9.17, 15) is 14.4 Å². The number of nitrogens with two attached hydrogens (primary N) is 1. The predicted octanol–water partition coefficient (Wildman–Crippen LogP) is -0.0802. The van der Waals surface area contributed by atoms with Gasteiger partial charge in [0.2, 0.25) is 11.8 Å². The number of amides is 3. The maximum absolute atomic E-state index is 12.4. The smallest absolute Gasteiger partial charge is 0.256 e. The summed E-state index contributed by atoms with van der Waals surface area (Å²) >= 11 is 0. The van der Waals surface area contributed by atoms with E-state index in [-0.39, 0.29) is 29.6 Å². The summed E-state index contributed by atoms with van der Waals surface area (Å²) in [5.74, 6) is -1.12. The highest BCUT2D eigenvalue weighted by atomic mass is 16.2. The summed E-state index contributed by atoms with van der Waals surface area (Å²) in [6.07, 6.45) is 1.67. The normalized spacial score (nSPS) is 21.7. The van der Waals surface area contributed by atoms with Crippen molar-refractivity contribution in [3.63, 3.8) is 0 Å². The Morgan fingerprint density at radius 2 is 2.04 bits per heavy atom. The van der Waals surface area contributed by atoms with Crippen LogP contribution in [0.2, 0.25) is 0 Å². The average molecular weight is 345 g/mol. The average Bonchev–Trinajstić information content (AvgIpc) is 2.67. The molecule has 0 saturated carbocycles. The zero-order valence-corrected chi connectivity index (χ0v) is 14.2. The first-order valence-electron chi connectivity index (χ1n) is 8.42. The van der Waals surface area contributed by atoms with Crippen molar-refractivity contribution in [3.05, 3.63) is 23.8 Å². The quantitative estimate of drug-likeness (QED) is 0.572. The van der Waals surface area contributed by atoms with Gasteiger partial charge in [0.25, 0.3) is 5.91 Å². The van der Waals surface area contributed by atoms with Crippen molar-refractivity contribution in [3.8, 4) is 0 Å². The summed E-state index contributed by atoms with van der Waals surface area (Å²) in [6.45, 7) is 1.86. The van der Waals surface area contributed by atoms with Gasteiger partial charge in [0, 0.05) is 11.7 Å². The highest BCUT2D eigenvalue weighted by Crippen LogP contribution is 2.24. The molecule has 1 atom stereocenters. The van der Waals surface area contributed by atoms with Crippen LogP contribution in [0.15, 0.2) is 18.2 Å². The lowest BCUT2D eigenvalue weighted by Gasteiger charge is -2.29. The van der Waals surface area contributed by atoms with E-state index in [4.69, 9.17) is 5.73 Å². The number of carbonyl (C=O) groups excluding carboxylic acids is 3. The van der Waals surface area contributed by atoms with Crippen LogP contribution < -0.4 is 21.7 Å². The van der Waals surface area contributed by atoms with Crippen LogP contribution in [0.1, 0.15) is 29.6 Å². The third-order valence-electron chi connectivity index (χ3n) is 4.68. The van der Waals surface area contributed by atoms with Gasteiger partial charge < -0.3 is 26.6 Å². The standard InChI is InChI=1S/C17H23N5O3/c1-22-7-5-10(6-8-22)19-14(23)9-13-16(24)20-12-4-2-3-11(18)15(12)17(25)21-13/h2-4,10,13H,5-9,18H2,1H3,(H,19,23)(H,20,24)(H,21,25)/t13-/m0/s1. The summed E-state index contributed by atoms with van der Waals surface area (Å²) in [5.41, 5.74) is 6.71. The van der Waals surface area contributed by atoms with Crippen molar-refractivity contribution in [1.82, 2.24) is 15.5 Å². The van der Waals surface area contributed by atoms with Crippen LogP contribution in [0.4, 0.5) is 11.4 Å². The van der Waals surface area contributed by atoms with E-state index in [1.807, 2.05) is 7.05 Å². The largest absolute Gasteiger partial charge is 0.398 e. The number of fused-ring (bicyclic) bond motifs is 1. The highest BCUT2D eigenvalue weighted by molar-refractivity contribution is 6.13. The monoisotopic (exact) mass is 345 g/mol. The molecule has 3 amide bonds. The van der Waals surface area contributed by atoms with Gasteiger partial charge in [-0.15, -0.1) is 0 Å². The van der Waals surface area contributed by atoms with Gasteiger partial charge >= 0.3 is 0 Å². The fraction of sp³-hybridized carbons (Fsp3) is 0.471. The molecule has 8 nitrogen and oxygen atoms in total. The van der Waals surface area contributed by atoms with Gasteiger partial charge in [-0.3, -0.25) is 14.4 Å². The summed E-state index contributed by atoms with van der Waals surface area (Å²) in [5, 5.41) is 8.22. The molecule has 2 heterocycles. The van der Waals surface area contributed by atoms with Crippen LogP contribution in [-0.4, -0.2) is 54.8 Å². The van der Waals surface area contributed by atoms with Gasteiger partial charge in [0.05, 0.1) is 17.7 Å². The maximum atomic E-state index is 12.4. The molecule has 1 aromatic rings. The minimum Gasteiger partial charge on any atom is -0.398 e. The lowest BCUT2D eigenvalue weighted by atomic mass is 10.0. The first-order valence-corrected chi connectivity index (χ1v) is 8.42. The number of piperidine rings is 1. The zero-order chi connectivity index (χ0) is 18.0. The van der Waals surface area contributed by atoms with Crippen LogP contribution >= 0.6 is 0 Å². The second-order valence-corrected chi connectivity index (χ2v) is 6.63. The Bertz CT molecular complexity index is 698. The number of likely N-dealkylation sites (tertiary alicyclic amines) is 1. The molecule has 1 fully saturated rings. The number of rotatable bonds is 3. The Balaban J connectivity index is 1.64. The molecule has 0 aliphatic carbocycles. The first kappa shape index (κ1) is 17.2. The topological polar surface area (TPSA) is 117 Å². The van der Waals surface area contributed by atoms with Gasteiger partial charge in [-0.25, -0.2) is 0 Å². The molecule has 134 valence electrons. The van der Waals surface area contributed by atoms with E-state index in [2.05, 4.69) is 20.9 Å². The lowest BCUT2D eigenvalue weighted by molar-refractivity contribution is -0.126. The number of nitrogens with zero attached hydrogens (tertiary/aromatic N) is 1. The summed E-state index contributed by atoms with van der Waals surface area (Å²) in [7, 11) is 2.05. The van der Waals surface area contributed by atoms with Crippen molar-refractivity contribution in [2.45, 2.75) is 31.3 Å². The molecule has 0 unspecified atom stereocenters. The van der Waals surface area contributed by atoms with Gasteiger partial charge in [-0.2, -0.15) is 0 Å². The minimum absolute atomic E-state index is 0.0994. The Morgan fingerprint density at radius 1 is 1.32 bits per heavy atom. The second-order valence-electron chi connectivity index (χ2n) is 6.63. The van der Waals surface area contributed by atoms with Crippen molar-refractivity contribution >= 4 is 29.1 Å². The third-order valence-corrected chi connectivity index (χ3v) is 4.68. The zero-order valence-electron chi connectivity index (χ0n) is 14.2. The van der Waals surface area contributed by atoms with E-state index in [0.29, 0.717) is 5.69 Å². The van der Waals surface area contributed by atoms with E-state index in [1.165, 1.54) is 0 Å². The molecular formula is C17H23N5O3. The number of anilines is 2. The number of nitrogens with one attached hydrogen (secondary N) is 3. The Labute approximate surface area is 146 Å². The van der Waals surface area contributed by atoms with Gasteiger partial charge in [0.15, 0.2) is 0 Å². The fourth-order valence-electron chi connectivity index (χ4n) is 3.21. The van der Waals surface area contributed by atoms with Crippen molar-refractivity contribution in [1.29, 1.82) is 0 Å². The van der Waals surface area contributed by atoms with E-state index < -0.39 is 17.9 Å². The molecule has 25 heavy (non-hydrogen) atoms. The molecule has 0 radical (unpaired) electrons. The predicted molar refractivity (Wildman–Crippen MR) is 94.0 cm³/mol. The summed E-state index contributed by atoms with van der Waals surface area (Å²) < 4.78 is 0. The number of carbonyl (C=O) groups is 3. The molecule has 0 bridgehead atoms. The van der Waals surface area contributed by atoms with Crippen LogP contribution in [-0.2, 0) is 9.59 Å². The van der Waals surface area contributed by atoms with E-state index in [1.54, 1.807) is 18.2 Å². The molecule has 5 N–H and O–H groups in total. The molecule has 1 saturated heterocycles. The molecule has 0 spiro atoms. The molecule has 1 aromatic carbocycles. The van der Waals surface area contributed by atoms with Gasteiger partial charge in [-0.05, 0) is 45.1 Å². The minimum atomic E-state index is -0.925. The van der Waals surface area contributed by atoms with Crippen molar-refractivity contribution in [2.24, 2.45) is 0 Å². The van der Waals surface area contributed by atoms with Crippen LogP contribution in [0.3, 0.4) is 0 Å². The van der Waals surface area contributed by atoms with Crippen LogP contribution in [0.25, 0.3) is 0 Å².